The molecule has 1 aliphatic rings. The number of rotatable bonds is 3. The second kappa shape index (κ2) is 6.81. The maximum atomic E-state index is 13.3. The van der Waals surface area contributed by atoms with Gasteiger partial charge in [0.25, 0.3) is 11.8 Å². The van der Waals surface area contributed by atoms with Crippen LogP contribution in [0, 0.1) is 5.41 Å². The van der Waals surface area contributed by atoms with E-state index in [4.69, 9.17) is 0 Å². The number of para-hydroxylation sites is 1. The molecule has 0 spiro atoms. The molecule has 2 aromatic carbocycles. The van der Waals surface area contributed by atoms with Gasteiger partial charge in [0.1, 0.15) is 6.04 Å². The standard InChI is InChI=1S/C23H21N3O3/c1-23(2,3)19(26-21(28)15-10-4-5-11-16(15)22(26)29)20(27)25-17-12-6-8-14-9-7-13-24-18(14)17/h4-13,19H,1-3H3,(H,25,27). The molecule has 3 amide bonds. The summed E-state index contributed by atoms with van der Waals surface area (Å²) in [4.78, 5) is 44.7. The molecule has 0 aliphatic carbocycles. The van der Waals surface area contributed by atoms with Crippen LogP contribution >= 0.6 is 0 Å². The lowest BCUT2D eigenvalue weighted by molar-refractivity contribution is -0.123. The Morgan fingerprint density at radius 3 is 2.17 bits per heavy atom. The zero-order chi connectivity index (χ0) is 20.8. The summed E-state index contributed by atoms with van der Waals surface area (Å²) in [6.07, 6.45) is 1.66. The highest BCUT2D eigenvalue weighted by molar-refractivity contribution is 6.23. The van der Waals surface area contributed by atoms with Gasteiger partial charge in [-0.1, -0.05) is 51.1 Å². The highest BCUT2D eigenvalue weighted by Crippen LogP contribution is 2.33. The van der Waals surface area contributed by atoms with E-state index in [9.17, 15) is 14.4 Å². The van der Waals surface area contributed by atoms with Gasteiger partial charge in [-0.05, 0) is 29.7 Å². The number of nitrogens with zero attached hydrogens (tertiary/aromatic N) is 2. The number of imide groups is 1. The number of carbonyl (C=O) groups is 3. The van der Waals surface area contributed by atoms with Gasteiger partial charge in [-0.15, -0.1) is 0 Å². The van der Waals surface area contributed by atoms with Crippen molar-refractivity contribution in [1.29, 1.82) is 0 Å². The summed E-state index contributed by atoms with van der Waals surface area (Å²) in [5.41, 5.74) is 1.17. The molecule has 0 saturated heterocycles. The largest absolute Gasteiger partial charge is 0.322 e. The number of amides is 3. The molecule has 4 rings (SSSR count). The summed E-state index contributed by atoms with van der Waals surface area (Å²) in [5, 5.41) is 3.78. The number of hydrogen-bond donors (Lipinski definition) is 1. The molecule has 1 unspecified atom stereocenters. The van der Waals surface area contributed by atoms with Gasteiger partial charge in [0.05, 0.1) is 22.3 Å². The molecule has 6 nitrogen and oxygen atoms in total. The second-order valence-electron chi connectivity index (χ2n) is 8.16. The van der Waals surface area contributed by atoms with Crippen molar-refractivity contribution in [2.45, 2.75) is 26.8 Å². The Labute approximate surface area is 168 Å². The van der Waals surface area contributed by atoms with E-state index in [2.05, 4.69) is 10.3 Å². The van der Waals surface area contributed by atoms with E-state index in [0.717, 1.165) is 10.3 Å². The van der Waals surface area contributed by atoms with E-state index in [-0.39, 0.29) is 0 Å². The van der Waals surface area contributed by atoms with Crippen molar-refractivity contribution in [1.82, 2.24) is 9.88 Å². The van der Waals surface area contributed by atoms with Crippen molar-refractivity contribution in [3.63, 3.8) is 0 Å². The zero-order valence-electron chi connectivity index (χ0n) is 16.5. The molecule has 29 heavy (non-hydrogen) atoms. The van der Waals surface area contributed by atoms with E-state index in [1.165, 1.54) is 0 Å². The number of fused-ring (bicyclic) bond motifs is 2. The van der Waals surface area contributed by atoms with Crippen LogP contribution in [-0.4, -0.2) is 33.6 Å². The SMILES string of the molecule is CC(C)(C)C(C(=O)Nc1cccc2cccnc12)N1C(=O)c2ccccc2C1=O. The molecule has 0 saturated carbocycles. The van der Waals surface area contributed by atoms with Gasteiger partial charge >= 0.3 is 0 Å². The van der Waals surface area contributed by atoms with Crippen LogP contribution in [0.15, 0.2) is 60.8 Å². The summed E-state index contributed by atoms with van der Waals surface area (Å²) in [6, 6.07) is 14.9. The highest BCUT2D eigenvalue weighted by Gasteiger charge is 2.47. The van der Waals surface area contributed by atoms with Crippen molar-refractivity contribution in [3.8, 4) is 0 Å². The van der Waals surface area contributed by atoms with Gasteiger partial charge in [0.15, 0.2) is 0 Å². The summed E-state index contributed by atoms with van der Waals surface area (Å²) in [7, 11) is 0. The maximum absolute atomic E-state index is 13.3. The fourth-order valence-electron chi connectivity index (χ4n) is 3.75. The van der Waals surface area contributed by atoms with Crippen molar-refractivity contribution in [2.24, 2.45) is 5.41 Å². The smallest absolute Gasteiger partial charge is 0.262 e. The fraction of sp³-hybridized carbons (Fsp3) is 0.217. The van der Waals surface area contributed by atoms with E-state index < -0.39 is 29.2 Å². The zero-order valence-corrected chi connectivity index (χ0v) is 16.5. The molecule has 2 heterocycles. The first kappa shape index (κ1) is 18.8. The molecule has 1 aliphatic heterocycles. The first-order valence-corrected chi connectivity index (χ1v) is 9.40. The van der Waals surface area contributed by atoms with Crippen LogP contribution in [0.1, 0.15) is 41.5 Å². The summed E-state index contributed by atoms with van der Waals surface area (Å²) < 4.78 is 0. The van der Waals surface area contributed by atoms with Gasteiger partial charge in [0, 0.05) is 11.6 Å². The van der Waals surface area contributed by atoms with E-state index in [0.29, 0.717) is 22.3 Å². The van der Waals surface area contributed by atoms with E-state index in [1.807, 2.05) is 45.0 Å². The number of benzene rings is 2. The predicted octanol–water partition coefficient (Wildman–Crippen LogP) is 3.88. The number of hydrogen-bond acceptors (Lipinski definition) is 4. The molecule has 0 fully saturated rings. The van der Waals surface area contributed by atoms with Crippen LogP contribution in [0.4, 0.5) is 5.69 Å². The Morgan fingerprint density at radius 2 is 1.55 bits per heavy atom. The molecule has 1 aromatic heterocycles. The lowest BCUT2D eigenvalue weighted by Gasteiger charge is -2.35. The fourth-order valence-corrected chi connectivity index (χ4v) is 3.75. The lowest BCUT2D eigenvalue weighted by Crippen LogP contribution is -2.54. The van der Waals surface area contributed by atoms with Crippen molar-refractivity contribution in [3.05, 3.63) is 71.9 Å². The Bertz CT molecular complexity index is 1110. The van der Waals surface area contributed by atoms with Gasteiger partial charge in [-0.2, -0.15) is 0 Å². The lowest BCUT2D eigenvalue weighted by atomic mass is 9.84. The van der Waals surface area contributed by atoms with Crippen LogP contribution in [0.5, 0.6) is 0 Å². The quantitative estimate of drug-likeness (QED) is 0.692. The first-order chi connectivity index (χ1) is 13.8. The first-order valence-electron chi connectivity index (χ1n) is 9.40. The van der Waals surface area contributed by atoms with Crippen LogP contribution < -0.4 is 5.32 Å². The van der Waals surface area contributed by atoms with Gasteiger partial charge in [0.2, 0.25) is 5.91 Å². The monoisotopic (exact) mass is 387 g/mol. The number of pyridine rings is 1. The van der Waals surface area contributed by atoms with Crippen LogP contribution in [-0.2, 0) is 4.79 Å². The Hall–Kier alpha value is -3.54. The van der Waals surface area contributed by atoms with Crippen molar-refractivity contribution in [2.75, 3.05) is 5.32 Å². The Kier molecular flexibility index (Phi) is 4.42. The highest BCUT2D eigenvalue weighted by atomic mass is 16.2. The number of anilines is 1. The van der Waals surface area contributed by atoms with Gasteiger partial charge in [-0.3, -0.25) is 24.3 Å². The Morgan fingerprint density at radius 1 is 0.931 bits per heavy atom. The molecular formula is C23H21N3O3. The summed E-state index contributed by atoms with van der Waals surface area (Å²) >= 11 is 0. The van der Waals surface area contributed by atoms with Crippen LogP contribution in [0.3, 0.4) is 0 Å². The van der Waals surface area contributed by atoms with Gasteiger partial charge < -0.3 is 5.32 Å². The molecule has 0 bridgehead atoms. The molecule has 0 radical (unpaired) electrons. The second-order valence-corrected chi connectivity index (χ2v) is 8.16. The minimum Gasteiger partial charge on any atom is -0.322 e. The molecule has 146 valence electrons. The van der Waals surface area contributed by atoms with Gasteiger partial charge in [-0.25, -0.2) is 0 Å². The molecule has 1 atom stereocenters. The average molecular weight is 387 g/mol. The van der Waals surface area contributed by atoms with Crippen molar-refractivity contribution >= 4 is 34.3 Å². The summed E-state index contributed by atoms with van der Waals surface area (Å²) in [6.45, 7) is 5.51. The number of carbonyl (C=O) groups excluding carboxylic acids is 3. The topological polar surface area (TPSA) is 79.4 Å². The molecule has 6 heteroatoms. The summed E-state index contributed by atoms with van der Waals surface area (Å²) in [5.74, 6) is -1.32. The third-order valence-corrected chi connectivity index (χ3v) is 5.04. The predicted molar refractivity (Wildman–Crippen MR) is 111 cm³/mol. The van der Waals surface area contributed by atoms with Crippen molar-refractivity contribution < 1.29 is 14.4 Å². The number of aromatic nitrogens is 1. The third-order valence-electron chi connectivity index (χ3n) is 5.04. The van der Waals surface area contributed by atoms with Crippen LogP contribution in [0.25, 0.3) is 10.9 Å². The van der Waals surface area contributed by atoms with E-state index in [1.54, 1.807) is 36.5 Å². The minimum atomic E-state index is -0.978. The third kappa shape index (κ3) is 3.16. The minimum absolute atomic E-state index is 0.325. The number of nitrogens with one attached hydrogen (secondary N) is 1. The molecule has 1 N–H and O–H groups in total. The average Bonchev–Trinajstić information content (AvgIpc) is 2.93. The van der Waals surface area contributed by atoms with E-state index >= 15 is 0 Å². The molecule has 3 aromatic rings. The van der Waals surface area contributed by atoms with Crippen LogP contribution in [0.2, 0.25) is 0 Å². The maximum Gasteiger partial charge on any atom is 0.262 e. The Balaban J connectivity index is 1.72. The normalized spacial score (nSPS) is 14.8. The molecular weight excluding hydrogens is 366 g/mol.